The van der Waals surface area contributed by atoms with Crippen LogP contribution in [0.3, 0.4) is 0 Å². The van der Waals surface area contributed by atoms with E-state index < -0.39 is 35.9 Å². The van der Waals surface area contributed by atoms with Gasteiger partial charge in [0.1, 0.15) is 5.82 Å². The van der Waals surface area contributed by atoms with Crippen molar-refractivity contribution in [3.05, 3.63) is 63.4 Å². The second-order valence-corrected chi connectivity index (χ2v) is 8.53. The van der Waals surface area contributed by atoms with Crippen LogP contribution >= 0.6 is 23.2 Å². The second-order valence-electron chi connectivity index (χ2n) is 7.72. The predicted molar refractivity (Wildman–Crippen MR) is 117 cm³/mol. The van der Waals surface area contributed by atoms with E-state index in [9.17, 15) is 22.4 Å². The van der Waals surface area contributed by atoms with Gasteiger partial charge in [0.25, 0.3) is 0 Å². The Bertz CT molecular complexity index is 1010. The molecule has 2 aromatic carbocycles. The predicted octanol–water partition coefficient (Wildman–Crippen LogP) is 7.23. The van der Waals surface area contributed by atoms with Gasteiger partial charge in [-0.05, 0) is 60.6 Å². The molecule has 0 saturated heterocycles. The van der Waals surface area contributed by atoms with Gasteiger partial charge in [0, 0.05) is 0 Å². The summed E-state index contributed by atoms with van der Waals surface area (Å²) in [4.78, 5) is 21.4. The molecule has 0 unspecified atom stereocenters. The molecule has 2 aromatic rings. The first-order chi connectivity index (χ1) is 15.3. The quantitative estimate of drug-likeness (QED) is 0.358. The number of alkyl halides is 3. The van der Waals surface area contributed by atoms with E-state index in [4.69, 9.17) is 38.2 Å². The highest BCUT2D eigenvalue weighted by molar-refractivity contribution is 6.33. The number of carbonyl (C=O) groups excluding carboxylic acids is 1. The molecule has 0 heterocycles. The summed E-state index contributed by atoms with van der Waals surface area (Å²) in [6, 6.07) is 8.35. The number of carbonyl (C=O) groups is 2. The van der Waals surface area contributed by atoms with E-state index in [2.05, 4.69) is 5.32 Å². The third kappa shape index (κ3) is 8.08. The monoisotopic (exact) mass is 509 g/mol. The maximum Gasteiger partial charge on any atom is 0.503 e. The molecular formula is C22H21Cl2F4NO4. The molecule has 1 aliphatic carbocycles. The Labute approximate surface area is 197 Å². The largest absolute Gasteiger partial charge is 0.503 e. The Hall–Kier alpha value is -2.52. The number of halogens is 6. The minimum atomic E-state index is -4.66. The molecule has 2 atom stereocenters. The minimum Gasteiger partial charge on any atom is -0.450 e. The zero-order chi connectivity index (χ0) is 24.9. The van der Waals surface area contributed by atoms with E-state index in [1.807, 2.05) is 6.07 Å². The van der Waals surface area contributed by atoms with Crippen LogP contribution in [0.15, 0.2) is 36.4 Å². The van der Waals surface area contributed by atoms with Gasteiger partial charge in [0.15, 0.2) is 0 Å². The lowest BCUT2D eigenvalue weighted by atomic mass is 9.85. The Morgan fingerprint density at radius 1 is 1.09 bits per heavy atom. The Kier molecular flexibility index (Phi) is 8.97. The van der Waals surface area contributed by atoms with Crippen molar-refractivity contribution in [2.24, 2.45) is 11.8 Å². The Balaban J connectivity index is 0.000000890. The molecule has 33 heavy (non-hydrogen) atoms. The van der Waals surface area contributed by atoms with Crippen LogP contribution < -0.4 is 5.32 Å². The van der Waals surface area contributed by atoms with Crippen LogP contribution in [0.25, 0.3) is 0 Å². The van der Waals surface area contributed by atoms with Crippen molar-refractivity contribution < 1.29 is 37.4 Å². The van der Waals surface area contributed by atoms with Gasteiger partial charge < -0.3 is 15.5 Å². The standard InChI is InChI=1S/C21H19Cl2F4NO.CH2O3/c1-11(21(25,26)27)19(14-5-7-15(22)17(24)10-14)20(29)28-18-9-13(4-6-16(18)23)8-12-2-3-12;2-1(3)4/h4-7,9-12,19H,2-3,8H2,1H3,(H,28,29);(H2,2,3,4)/t11-,19+;/m1./s1. The van der Waals surface area contributed by atoms with Gasteiger partial charge in [0.05, 0.1) is 27.6 Å². The van der Waals surface area contributed by atoms with E-state index in [0.717, 1.165) is 43.9 Å². The summed E-state index contributed by atoms with van der Waals surface area (Å²) in [5, 5.41) is 16.4. The zero-order valence-electron chi connectivity index (χ0n) is 17.3. The van der Waals surface area contributed by atoms with E-state index >= 15 is 0 Å². The summed E-state index contributed by atoms with van der Waals surface area (Å²) in [5.41, 5.74) is 1.08. The van der Waals surface area contributed by atoms with Gasteiger partial charge in [-0.2, -0.15) is 13.2 Å². The maximum atomic E-state index is 13.9. The molecule has 3 N–H and O–H groups in total. The van der Waals surface area contributed by atoms with E-state index in [1.54, 1.807) is 12.1 Å². The summed E-state index contributed by atoms with van der Waals surface area (Å²) < 4.78 is 54.2. The van der Waals surface area contributed by atoms with Crippen molar-refractivity contribution in [2.45, 2.75) is 38.3 Å². The summed E-state index contributed by atoms with van der Waals surface area (Å²) >= 11 is 11.8. The highest BCUT2D eigenvalue weighted by atomic mass is 35.5. The molecule has 1 saturated carbocycles. The van der Waals surface area contributed by atoms with Crippen molar-refractivity contribution >= 4 is 41.0 Å². The topological polar surface area (TPSA) is 86.6 Å². The molecule has 0 bridgehead atoms. The first-order valence-corrected chi connectivity index (χ1v) is 10.6. The fourth-order valence-corrected chi connectivity index (χ4v) is 3.51. The van der Waals surface area contributed by atoms with Gasteiger partial charge >= 0.3 is 12.3 Å². The fourth-order valence-electron chi connectivity index (χ4n) is 3.22. The van der Waals surface area contributed by atoms with Gasteiger partial charge in [-0.3, -0.25) is 4.79 Å². The summed E-state index contributed by atoms with van der Waals surface area (Å²) in [6.07, 6.45) is -3.39. The van der Waals surface area contributed by atoms with Crippen molar-refractivity contribution in [3.63, 3.8) is 0 Å². The lowest BCUT2D eigenvalue weighted by Crippen LogP contribution is -2.34. The average Bonchev–Trinajstić information content (AvgIpc) is 3.50. The summed E-state index contributed by atoms with van der Waals surface area (Å²) in [6.45, 7) is 0.891. The van der Waals surface area contributed by atoms with E-state index in [1.165, 1.54) is 6.07 Å². The van der Waals surface area contributed by atoms with Gasteiger partial charge in [-0.25, -0.2) is 9.18 Å². The molecule has 11 heteroatoms. The molecular weight excluding hydrogens is 489 g/mol. The molecule has 180 valence electrons. The number of amides is 1. The third-order valence-corrected chi connectivity index (χ3v) is 5.75. The fraction of sp³-hybridized carbons (Fsp3) is 0.364. The van der Waals surface area contributed by atoms with Crippen LogP contribution in [0.4, 0.5) is 28.0 Å². The number of nitrogens with one attached hydrogen (secondary N) is 1. The van der Waals surface area contributed by atoms with Gasteiger partial charge in [0.2, 0.25) is 5.91 Å². The highest BCUT2D eigenvalue weighted by Crippen LogP contribution is 2.40. The molecule has 0 aliphatic heterocycles. The van der Waals surface area contributed by atoms with Crippen molar-refractivity contribution in [1.82, 2.24) is 0 Å². The van der Waals surface area contributed by atoms with Crippen molar-refractivity contribution in [2.75, 3.05) is 5.32 Å². The van der Waals surface area contributed by atoms with Crippen LogP contribution in [0.2, 0.25) is 10.0 Å². The van der Waals surface area contributed by atoms with Gasteiger partial charge in [-0.1, -0.05) is 42.3 Å². The SMILES string of the molecule is C[C@H]([C@H](C(=O)Nc1cc(CC2CC2)ccc1Cl)c1ccc(Cl)c(F)c1)C(F)(F)F.O=C(O)O. The van der Waals surface area contributed by atoms with Gasteiger partial charge in [-0.15, -0.1) is 0 Å². The molecule has 0 aromatic heterocycles. The van der Waals surface area contributed by atoms with Crippen LogP contribution in [0.5, 0.6) is 0 Å². The average molecular weight is 510 g/mol. The van der Waals surface area contributed by atoms with Crippen LogP contribution in [-0.2, 0) is 11.2 Å². The smallest absolute Gasteiger partial charge is 0.450 e. The lowest BCUT2D eigenvalue weighted by Gasteiger charge is -2.26. The number of benzene rings is 2. The first kappa shape index (κ1) is 26.7. The van der Waals surface area contributed by atoms with Crippen LogP contribution in [0.1, 0.15) is 36.8 Å². The molecule has 0 radical (unpaired) electrons. The number of anilines is 1. The summed E-state index contributed by atoms with van der Waals surface area (Å²) in [5.74, 6) is -4.92. The molecule has 1 amide bonds. The number of hydrogen-bond acceptors (Lipinski definition) is 2. The van der Waals surface area contributed by atoms with Crippen LogP contribution in [0, 0.1) is 17.7 Å². The normalized spacial score (nSPS) is 15.1. The second kappa shape index (κ2) is 11.1. The molecule has 0 spiro atoms. The molecule has 1 fully saturated rings. The van der Waals surface area contributed by atoms with E-state index in [0.29, 0.717) is 5.92 Å². The number of carboxylic acid groups (broad SMARTS) is 2. The van der Waals surface area contributed by atoms with Crippen molar-refractivity contribution in [1.29, 1.82) is 0 Å². The zero-order valence-corrected chi connectivity index (χ0v) is 18.8. The summed E-state index contributed by atoms with van der Waals surface area (Å²) in [7, 11) is 0. The van der Waals surface area contributed by atoms with Crippen LogP contribution in [-0.4, -0.2) is 28.5 Å². The molecule has 5 nitrogen and oxygen atoms in total. The molecule has 3 rings (SSSR count). The maximum absolute atomic E-state index is 13.9. The number of rotatable bonds is 6. The van der Waals surface area contributed by atoms with Crippen molar-refractivity contribution in [3.8, 4) is 0 Å². The minimum absolute atomic E-state index is 0.112. The molecule has 1 aliphatic rings. The third-order valence-electron chi connectivity index (χ3n) is 5.11. The van der Waals surface area contributed by atoms with E-state index in [-0.39, 0.29) is 21.3 Å². The Morgan fingerprint density at radius 3 is 2.18 bits per heavy atom. The highest BCUT2D eigenvalue weighted by Gasteiger charge is 2.45. The first-order valence-electron chi connectivity index (χ1n) is 9.82. The lowest BCUT2D eigenvalue weighted by molar-refractivity contribution is -0.178. The number of hydrogen-bond donors (Lipinski definition) is 3. The Morgan fingerprint density at radius 2 is 1.67 bits per heavy atom.